The monoisotopic (exact) mass is 196 g/mol. The molecule has 72 valence electrons. The highest BCUT2D eigenvalue weighted by Crippen LogP contribution is 2.22. The molecule has 0 fully saturated rings. The first-order chi connectivity index (χ1) is 6.59. The standard InChI is InChI=1S/C10H6F2O2/c1-5-4-8(13)14-10-7(12)3-2-6(11)9(5)10/h2-4H,1H3. The Morgan fingerprint density at radius 2 is 1.86 bits per heavy atom. The summed E-state index contributed by atoms with van der Waals surface area (Å²) in [6.45, 7) is 1.53. The van der Waals surface area contributed by atoms with Crippen molar-refractivity contribution in [2.24, 2.45) is 0 Å². The molecule has 14 heavy (non-hydrogen) atoms. The van der Waals surface area contributed by atoms with Crippen LogP contribution in [0.15, 0.2) is 27.4 Å². The molecule has 2 aromatic rings. The number of halogens is 2. The molecule has 0 aliphatic carbocycles. The highest BCUT2D eigenvalue weighted by Gasteiger charge is 2.11. The van der Waals surface area contributed by atoms with E-state index in [0.717, 1.165) is 18.2 Å². The molecule has 2 rings (SSSR count). The molecule has 0 saturated carbocycles. The molecule has 0 atom stereocenters. The largest absolute Gasteiger partial charge is 0.419 e. The number of fused-ring (bicyclic) bond motifs is 1. The van der Waals surface area contributed by atoms with Crippen molar-refractivity contribution in [2.75, 3.05) is 0 Å². The SMILES string of the molecule is Cc1cc(=O)oc2c(F)ccc(F)c12. The summed E-state index contributed by atoms with van der Waals surface area (Å²) in [6, 6.07) is 3.07. The molecule has 2 nitrogen and oxygen atoms in total. The van der Waals surface area contributed by atoms with Crippen LogP contribution in [0.4, 0.5) is 8.78 Å². The lowest BCUT2D eigenvalue weighted by Crippen LogP contribution is -2.00. The quantitative estimate of drug-likeness (QED) is 0.605. The highest BCUT2D eigenvalue weighted by molar-refractivity contribution is 5.81. The Labute approximate surface area is 77.8 Å². The van der Waals surface area contributed by atoms with Crippen LogP contribution in [0.25, 0.3) is 11.0 Å². The first-order valence-corrected chi connectivity index (χ1v) is 3.98. The number of benzene rings is 1. The third kappa shape index (κ3) is 1.19. The second kappa shape index (κ2) is 2.90. The lowest BCUT2D eigenvalue weighted by Gasteiger charge is -2.01. The molecule has 0 aliphatic rings. The van der Waals surface area contributed by atoms with Crippen LogP contribution in [0.1, 0.15) is 5.56 Å². The molecule has 0 N–H and O–H groups in total. The molecule has 0 bridgehead atoms. The lowest BCUT2D eigenvalue weighted by atomic mass is 10.1. The number of rotatable bonds is 0. The molecule has 0 radical (unpaired) electrons. The highest BCUT2D eigenvalue weighted by atomic mass is 19.1. The van der Waals surface area contributed by atoms with Gasteiger partial charge in [0.25, 0.3) is 0 Å². The van der Waals surface area contributed by atoms with E-state index < -0.39 is 17.3 Å². The predicted molar refractivity (Wildman–Crippen MR) is 47.1 cm³/mol. The van der Waals surface area contributed by atoms with Crippen LogP contribution in [-0.4, -0.2) is 0 Å². The van der Waals surface area contributed by atoms with Crippen molar-refractivity contribution in [3.8, 4) is 0 Å². The van der Waals surface area contributed by atoms with Crippen LogP contribution in [0.2, 0.25) is 0 Å². The number of aryl methyl sites for hydroxylation is 1. The fraction of sp³-hybridized carbons (Fsp3) is 0.100. The summed E-state index contributed by atoms with van der Waals surface area (Å²) in [7, 11) is 0. The molecular weight excluding hydrogens is 190 g/mol. The van der Waals surface area contributed by atoms with E-state index in [1.807, 2.05) is 0 Å². The maximum atomic E-state index is 13.2. The molecule has 0 spiro atoms. The van der Waals surface area contributed by atoms with E-state index in [1.165, 1.54) is 6.92 Å². The smallest absolute Gasteiger partial charge is 0.336 e. The lowest BCUT2D eigenvalue weighted by molar-refractivity contribution is 0.517. The molecule has 1 aromatic heterocycles. The van der Waals surface area contributed by atoms with Gasteiger partial charge in [-0.15, -0.1) is 0 Å². The minimum absolute atomic E-state index is 0.0181. The average Bonchev–Trinajstić information content (AvgIpc) is 2.10. The third-order valence-electron chi connectivity index (χ3n) is 1.99. The summed E-state index contributed by atoms with van der Waals surface area (Å²) >= 11 is 0. The van der Waals surface area contributed by atoms with Crippen LogP contribution >= 0.6 is 0 Å². The van der Waals surface area contributed by atoms with Gasteiger partial charge >= 0.3 is 5.63 Å². The molecule has 4 heteroatoms. The second-order valence-corrected chi connectivity index (χ2v) is 2.98. The summed E-state index contributed by atoms with van der Waals surface area (Å²) in [5.41, 5.74) is -0.636. The minimum Gasteiger partial charge on any atom is -0.419 e. The Balaban J connectivity index is 3.07. The number of hydrogen-bond acceptors (Lipinski definition) is 2. The third-order valence-corrected chi connectivity index (χ3v) is 1.99. The van der Waals surface area contributed by atoms with Crippen LogP contribution in [0.5, 0.6) is 0 Å². The average molecular weight is 196 g/mol. The number of hydrogen-bond donors (Lipinski definition) is 0. The first kappa shape index (κ1) is 8.87. The van der Waals surface area contributed by atoms with E-state index in [2.05, 4.69) is 4.42 Å². The van der Waals surface area contributed by atoms with Crippen molar-refractivity contribution >= 4 is 11.0 Å². The summed E-state index contributed by atoms with van der Waals surface area (Å²) in [6.07, 6.45) is 0. The minimum atomic E-state index is -0.734. The summed E-state index contributed by atoms with van der Waals surface area (Å²) in [5.74, 6) is -1.33. The predicted octanol–water partition coefficient (Wildman–Crippen LogP) is 2.38. The fourth-order valence-corrected chi connectivity index (χ4v) is 1.38. The molecule has 1 heterocycles. The summed E-state index contributed by atoms with van der Waals surface area (Å²) in [4.78, 5) is 10.9. The van der Waals surface area contributed by atoms with Gasteiger partial charge in [-0.2, -0.15) is 0 Å². The van der Waals surface area contributed by atoms with Gasteiger partial charge in [-0.05, 0) is 24.6 Å². The maximum absolute atomic E-state index is 13.2. The van der Waals surface area contributed by atoms with Gasteiger partial charge in [0.1, 0.15) is 5.82 Å². The van der Waals surface area contributed by atoms with E-state index >= 15 is 0 Å². The van der Waals surface area contributed by atoms with Crippen LogP contribution in [-0.2, 0) is 0 Å². The normalized spacial score (nSPS) is 10.8. The molecule has 0 saturated heterocycles. The zero-order valence-corrected chi connectivity index (χ0v) is 7.30. The van der Waals surface area contributed by atoms with Crippen molar-refractivity contribution in [1.82, 2.24) is 0 Å². The van der Waals surface area contributed by atoms with Crippen molar-refractivity contribution in [3.63, 3.8) is 0 Å². The van der Waals surface area contributed by atoms with E-state index in [0.29, 0.717) is 5.56 Å². The van der Waals surface area contributed by atoms with Crippen LogP contribution < -0.4 is 5.63 Å². The Bertz CT molecular complexity index is 558. The summed E-state index contributed by atoms with van der Waals surface area (Å²) < 4.78 is 30.9. The Hall–Kier alpha value is -1.71. The van der Waals surface area contributed by atoms with Crippen LogP contribution in [0, 0.1) is 18.6 Å². The van der Waals surface area contributed by atoms with E-state index in [9.17, 15) is 13.6 Å². The fourth-order valence-electron chi connectivity index (χ4n) is 1.38. The van der Waals surface area contributed by atoms with Gasteiger partial charge in [-0.25, -0.2) is 13.6 Å². The van der Waals surface area contributed by atoms with Gasteiger partial charge < -0.3 is 4.42 Å². The molecule has 0 unspecified atom stereocenters. The second-order valence-electron chi connectivity index (χ2n) is 2.98. The van der Waals surface area contributed by atoms with E-state index in [4.69, 9.17) is 0 Å². The molecule has 0 aliphatic heterocycles. The van der Waals surface area contributed by atoms with Gasteiger partial charge in [-0.3, -0.25) is 0 Å². The van der Waals surface area contributed by atoms with Gasteiger partial charge in [-0.1, -0.05) is 0 Å². The van der Waals surface area contributed by atoms with Gasteiger partial charge in [0, 0.05) is 6.07 Å². The maximum Gasteiger partial charge on any atom is 0.336 e. The van der Waals surface area contributed by atoms with Crippen molar-refractivity contribution < 1.29 is 13.2 Å². The first-order valence-electron chi connectivity index (χ1n) is 3.98. The Kier molecular flexibility index (Phi) is 1.84. The molecule has 0 amide bonds. The van der Waals surface area contributed by atoms with E-state index in [1.54, 1.807) is 0 Å². The molecular formula is C10H6F2O2. The van der Waals surface area contributed by atoms with Crippen LogP contribution in [0.3, 0.4) is 0 Å². The van der Waals surface area contributed by atoms with Gasteiger partial charge in [0.2, 0.25) is 0 Å². The van der Waals surface area contributed by atoms with Gasteiger partial charge in [0.05, 0.1) is 5.39 Å². The van der Waals surface area contributed by atoms with Crippen molar-refractivity contribution in [2.45, 2.75) is 6.92 Å². The van der Waals surface area contributed by atoms with Gasteiger partial charge in [0.15, 0.2) is 11.4 Å². The Morgan fingerprint density at radius 3 is 2.57 bits per heavy atom. The van der Waals surface area contributed by atoms with Crippen molar-refractivity contribution in [1.29, 1.82) is 0 Å². The summed E-state index contributed by atoms with van der Waals surface area (Å²) in [5, 5.41) is 0.0181. The zero-order chi connectivity index (χ0) is 10.3. The van der Waals surface area contributed by atoms with Crippen molar-refractivity contribution in [3.05, 3.63) is 45.8 Å². The Morgan fingerprint density at radius 1 is 1.21 bits per heavy atom. The zero-order valence-electron chi connectivity index (χ0n) is 7.30. The molecule has 1 aromatic carbocycles. The van der Waals surface area contributed by atoms with E-state index in [-0.39, 0.29) is 11.0 Å². The topological polar surface area (TPSA) is 30.2 Å².